The van der Waals surface area contributed by atoms with Crippen LogP contribution in [0.3, 0.4) is 0 Å². The van der Waals surface area contributed by atoms with E-state index >= 15 is 0 Å². The summed E-state index contributed by atoms with van der Waals surface area (Å²) in [6.07, 6.45) is 0. The van der Waals surface area contributed by atoms with Crippen LogP contribution in [0.1, 0.15) is 0 Å². The molecule has 0 saturated carbocycles. The molecule has 23 heavy (non-hydrogen) atoms. The van der Waals surface area contributed by atoms with E-state index in [9.17, 15) is 4.79 Å². The summed E-state index contributed by atoms with van der Waals surface area (Å²) in [7, 11) is 1.92. The minimum Gasteiger partial charge on any atom is -0.481 e. The van der Waals surface area contributed by atoms with Crippen molar-refractivity contribution >= 4 is 17.7 Å². The molecule has 1 aromatic heterocycles. The number of aromatic nitrogens is 2. The second-order valence-corrected chi connectivity index (χ2v) is 6.01. The average molecular weight is 324 g/mol. The SMILES string of the molecule is Cn1c(SCC(=O)O)nc(-c2ccccc2)c1-c1ccccc1. The number of benzene rings is 2. The van der Waals surface area contributed by atoms with Crippen LogP contribution in [0.15, 0.2) is 65.8 Å². The van der Waals surface area contributed by atoms with Gasteiger partial charge < -0.3 is 9.67 Å². The number of aliphatic carboxylic acids is 1. The van der Waals surface area contributed by atoms with Gasteiger partial charge in [-0.15, -0.1) is 0 Å². The summed E-state index contributed by atoms with van der Waals surface area (Å²) in [5, 5.41) is 9.62. The molecule has 1 heterocycles. The molecule has 4 nitrogen and oxygen atoms in total. The Balaban J connectivity index is 2.13. The van der Waals surface area contributed by atoms with Crippen molar-refractivity contribution in [1.82, 2.24) is 9.55 Å². The van der Waals surface area contributed by atoms with E-state index in [4.69, 9.17) is 10.1 Å². The maximum atomic E-state index is 10.9. The van der Waals surface area contributed by atoms with Gasteiger partial charge in [-0.3, -0.25) is 4.79 Å². The van der Waals surface area contributed by atoms with E-state index in [2.05, 4.69) is 0 Å². The lowest BCUT2D eigenvalue weighted by molar-refractivity contribution is -0.133. The monoisotopic (exact) mass is 324 g/mol. The molecule has 1 N–H and O–H groups in total. The summed E-state index contributed by atoms with van der Waals surface area (Å²) in [6.45, 7) is 0. The molecule has 5 heteroatoms. The number of carboxylic acid groups (broad SMARTS) is 1. The summed E-state index contributed by atoms with van der Waals surface area (Å²) >= 11 is 1.23. The van der Waals surface area contributed by atoms with Gasteiger partial charge in [0.1, 0.15) is 0 Å². The highest BCUT2D eigenvalue weighted by atomic mass is 32.2. The van der Waals surface area contributed by atoms with Crippen molar-refractivity contribution in [1.29, 1.82) is 0 Å². The molecule has 3 rings (SSSR count). The van der Waals surface area contributed by atoms with E-state index in [1.165, 1.54) is 11.8 Å². The smallest absolute Gasteiger partial charge is 0.313 e. The summed E-state index contributed by atoms with van der Waals surface area (Å²) in [5.74, 6) is -0.853. The fourth-order valence-corrected chi connectivity index (χ4v) is 3.15. The highest BCUT2D eigenvalue weighted by molar-refractivity contribution is 7.99. The van der Waals surface area contributed by atoms with Gasteiger partial charge >= 0.3 is 5.97 Å². The summed E-state index contributed by atoms with van der Waals surface area (Å²) in [5.41, 5.74) is 3.93. The molecule has 2 aromatic carbocycles. The van der Waals surface area contributed by atoms with Crippen molar-refractivity contribution in [3.8, 4) is 22.5 Å². The molecule has 0 fully saturated rings. The molecule has 0 saturated heterocycles. The van der Waals surface area contributed by atoms with E-state index in [-0.39, 0.29) is 5.75 Å². The Morgan fingerprint density at radius 1 is 1.04 bits per heavy atom. The second-order valence-electron chi connectivity index (χ2n) is 5.07. The number of hydrogen-bond donors (Lipinski definition) is 1. The molecular weight excluding hydrogens is 308 g/mol. The Labute approximate surface area is 138 Å². The maximum Gasteiger partial charge on any atom is 0.313 e. The third-order valence-corrected chi connectivity index (χ3v) is 4.49. The molecule has 0 aliphatic rings. The quantitative estimate of drug-likeness (QED) is 0.723. The molecule has 0 aliphatic carbocycles. The van der Waals surface area contributed by atoms with Crippen LogP contribution >= 0.6 is 11.8 Å². The third kappa shape index (κ3) is 3.29. The lowest BCUT2D eigenvalue weighted by Crippen LogP contribution is -2.00. The Kier molecular flexibility index (Phi) is 4.48. The van der Waals surface area contributed by atoms with E-state index < -0.39 is 5.97 Å². The van der Waals surface area contributed by atoms with Gasteiger partial charge in [-0.25, -0.2) is 4.98 Å². The van der Waals surface area contributed by atoms with Crippen molar-refractivity contribution in [2.24, 2.45) is 7.05 Å². The van der Waals surface area contributed by atoms with Gasteiger partial charge in [-0.2, -0.15) is 0 Å². The largest absolute Gasteiger partial charge is 0.481 e. The second kappa shape index (κ2) is 6.71. The van der Waals surface area contributed by atoms with Gasteiger partial charge in [0.05, 0.1) is 17.1 Å². The fraction of sp³-hybridized carbons (Fsp3) is 0.111. The van der Waals surface area contributed by atoms with Crippen molar-refractivity contribution in [3.05, 3.63) is 60.7 Å². The molecule has 0 bridgehead atoms. The van der Waals surface area contributed by atoms with Gasteiger partial charge in [0.25, 0.3) is 0 Å². The molecule has 0 radical (unpaired) electrons. The molecule has 0 aliphatic heterocycles. The van der Waals surface area contributed by atoms with Crippen LogP contribution in [0, 0.1) is 0 Å². The standard InChI is InChI=1S/C18H16N2O2S/c1-20-17(14-10-6-3-7-11-14)16(13-8-4-2-5-9-13)19-18(20)23-12-15(21)22/h2-11H,12H2,1H3,(H,21,22). The zero-order valence-corrected chi connectivity index (χ0v) is 13.5. The van der Waals surface area contributed by atoms with Crippen molar-refractivity contribution in [2.75, 3.05) is 5.75 Å². The van der Waals surface area contributed by atoms with Crippen LogP contribution in [0.25, 0.3) is 22.5 Å². The first-order chi connectivity index (χ1) is 11.2. The number of carboxylic acids is 1. The van der Waals surface area contributed by atoms with Gasteiger partial charge in [0, 0.05) is 18.2 Å². The molecule has 0 spiro atoms. The average Bonchev–Trinajstić information content (AvgIpc) is 2.91. The first kappa shape index (κ1) is 15.4. The number of carbonyl (C=O) groups is 1. The van der Waals surface area contributed by atoms with E-state index in [0.717, 1.165) is 22.5 Å². The van der Waals surface area contributed by atoms with E-state index in [0.29, 0.717) is 5.16 Å². The zero-order chi connectivity index (χ0) is 16.2. The number of rotatable bonds is 5. The molecule has 0 amide bonds. The Morgan fingerprint density at radius 2 is 1.61 bits per heavy atom. The van der Waals surface area contributed by atoms with Gasteiger partial charge in [-0.1, -0.05) is 72.4 Å². The first-order valence-corrected chi connectivity index (χ1v) is 8.17. The van der Waals surface area contributed by atoms with Crippen molar-refractivity contribution < 1.29 is 9.90 Å². The van der Waals surface area contributed by atoms with E-state index in [1.54, 1.807) is 0 Å². The lowest BCUT2D eigenvalue weighted by atomic mass is 10.1. The zero-order valence-electron chi connectivity index (χ0n) is 12.6. The Hall–Kier alpha value is -2.53. The minimum absolute atomic E-state index is 0.00663. The minimum atomic E-state index is -0.847. The highest BCUT2D eigenvalue weighted by Gasteiger charge is 2.18. The third-order valence-electron chi connectivity index (χ3n) is 3.47. The van der Waals surface area contributed by atoms with Gasteiger partial charge in [-0.05, 0) is 0 Å². The van der Waals surface area contributed by atoms with E-state index in [1.807, 2.05) is 72.3 Å². The number of thioether (sulfide) groups is 1. The van der Waals surface area contributed by atoms with Crippen LogP contribution in [0.5, 0.6) is 0 Å². The topological polar surface area (TPSA) is 55.1 Å². The number of hydrogen-bond acceptors (Lipinski definition) is 3. The fourth-order valence-electron chi connectivity index (χ4n) is 2.46. The van der Waals surface area contributed by atoms with Gasteiger partial charge in [0.15, 0.2) is 5.16 Å². The normalized spacial score (nSPS) is 10.7. The first-order valence-electron chi connectivity index (χ1n) is 7.19. The molecular formula is C18H16N2O2S. The van der Waals surface area contributed by atoms with Crippen LogP contribution in [-0.4, -0.2) is 26.4 Å². The Bertz CT molecular complexity index is 814. The van der Waals surface area contributed by atoms with Crippen LogP contribution in [0.2, 0.25) is 0 Å². The summed E-state index contributed by atoms with van der Waals surface area (Å²) < 4.78 is 1.96. The van der Waals surface area contributed by atoms with Crippen LogP contribution < -0.4 is 0 Å². The summed E-state index contributed by atoms with van der Waals surface area (Å²) in [6, 6.07) is 20.0. The number of nitrogens with zero attached hydrogens (tertiary/aromatic N) is 2. The predicted octanol–water partition coefficient (Wildman–Crippen LogP) is 3.93. The van der Waals surface area contributed by atoms with Crippen molar-refractivity contribution in [3.63, 3.8) is 0 Å². The van der Waals surface area contributed by atoms with Crippen LogP contribution in [0.4, 0.5) is 0 Å². The number of imidazole rings is 1. The molecule has 0 atom stereocenters. The van der Waals surface area contributed by atoms with Crippen LogP contribution in [-0.2, 0) is 11.8 Å². The predicted molar refractivity (Wildman–Crippen MR) is 92.4 cm³/mol. The molecule has 3 aromatic rings. The highest BCUT2D eigenvalue weighted by Crippen LogP contribution is 2.34. The van der Waals surface area contributed by atoms with Gasteiger partial charge in [0.2, 0.25) is 0 Å². The Morgan fingerprint density at radius 3 is 2.17 bits per heavy atom. The van der Waals surface area contributed by atoms with Crippen molar-refractivity contribution in [2.45, 2.75) is 5.16 Å². The lowest BCUT2D eigenvalue weighted by Gasteiger charge is -2.07. The molecule has 116 valence electrons. The summed E-state index contributed by atoms with van der Waals surface area (Å²) in [4.78, 5) is 15.5. The molecule has 0 unspecified atom stereocenters. The maximum absolute atomic E-state index is 10.9.